The van der Waals surface area contributed by atoms with E-state index in [1.807, 2.05) is 26.0 Å². The highest BCUT2D eigenvalue weighted by atomic mass is 35.5. The predicted octanol–water partition coefficient (Wildman–Crippen LogP) is 2.78. The molecule has 0 spiro atoms. The highest BCUT2D eigenvalue weighted by Gasteiger charge is 2.26. The standard InChI is InChI=1S/C15H20ClN3O2/c1-3-13(20)19-8-7-11(9-19)17-15(21)18-14-10(2)5-4-6-12(14)16/h4-6,11H,3,7-9H2,1-2H3,(H2,17,18,21)/t11-/m1/s1. The van der Waals surface area contributed by atoms with Crippen LogP contribution in [-0.2, 0) is 4.79 Å². The number of anilines is 1. The Hall–Kier alpha value is -1.75. The molecular weight excluding hydrogens is 290 g/mol. The number of aryl methyl sites for hydroxylation is 1. The number of hydrogen-bond acceptors (Lipinski definition) is 2. The normalized spacial score (nSPS) is 17.7. The molecule has 3 amide bonds. The molecule has 2 rings (SSSR count). The van der Waals surface area contributed by atoms with Gasteiger partial charge in [-0.15, -0.1) is 0 Å². The topological polar surface area (TPSA) is 61.4 Å². The van der Waals surface area contributed by atoms with Gasteiger partial charge in [0.1, 0.15) is 0 Å². The van der Waals surface area contributed by atoms with Crippen LogP contribution in [-0.4, -0.2) is 36.0 Å². The third-order valence-corrected chi connectivity index (χ3v) is 3.95. The van der Waals surface area contributed by atoms with Crippen molar-refractivity contribution in [1.29, 1.82) is 0 Å². The Morgan fingerprint density at radius 2 is 2.19 bits per heavy atom. The van der Waals surface area contributed by atoms with E-state index in [1.165, 1.54) is 0 Å². The van der Waals surface area contributed by atoms with Gasteiger partial charge in [0.25, 0.3) is 0 Å². The summed E-state index contributed by atoms with van der Waals surface area (Å²) in [7, 11) is 0. The van der Waals surface area contributed by atoms with Crippen molar-refractivity contribution >= 4 is 29.2 Å². The Morgan fingerprint density at radius 1 is 1.43 bits per heavy atom. The molecule has 6 heteroatoms. The van der Waals surface area contributed by atoms with Crippen LogP contribution in [0.15, 0.2) is 18.2 Å². The second kappa shape index (κ2) is 6.80. The summed E-state index contributed by atoms with van der Waals surface area (Å²) in [6.07, 6.45) is 1.28. The lowest BCUT2D eigenvalue weighted by molar-refractivity contribution is -0.129. The van der Waals surface area contributed by atoms with Crippen molar-refractivity contribution in [2.24, 2.45) is 0 Å². The molecule has 1 aromatic carbocycles. The van der Waals surface area contributed by atoms with Gasteiger partial charge in [0.15, 0.2) is 0 Å². The molecule has 5 nitrogen and oxygen atoms in total. The highest BCUT2D eigenvalue weighted by Crippen LogP contribution is 2.25. The van der Waals surface area contributed by atoms with Gasteiger partial charge in [-0.1, -0.05) is 30.7 Å². The van der Waals surface area contributed by atoms with Crippen LogP contribution in [0, 0.1) is 6.92 Å². The maximum absolute atomic E-state index is 12.0. The van der Waals surface area contributed by atoms with Crippen LogP contribution < -0.4 is 10.6 Å². The number of amides is 3. The van der Waals surface area contributed by atoms with E-state index in [1.54, 1.807) is 11.0 Å². The predicted molar refractivity (Wildman–Crippen MR) is 83.6 cm³/mol. The second-order valence-electron chi connectivity index (χ2n) is 5.21. The van der Waals surface area contributed by atoms with E-state index in [0.29, 0.717) is 30.2 Å². The number of rotatable bonds is 3. The fraction of sp³-hybridized carbons (Fsp3) is 0.467. The van der Waals surface area contributed by atoms with Crippen molar-refractivity contribution in [2.45, 2.75) is 32.7 Å². The first-order valence-electron chi connectivity index (χ1n) is 7.11. The van der Waals surface area contributed by atoms with Gasteiger partial charge < -0.3 is 15.5 Å². The Labute approximate surface area is 129 Å². The van der Waals surface area contributed by atoms with E-state index < -0.39 is 0 Å². The number of carbonyl (C=O) groups is 2. The minimum absolute atomic E-state index is 0.0108. The molecule has 0 saturated carbocycles. The lowest BCUT2D eigenvalue weighted by Crippen LogP contribution is -2.40. The molecule has 1 saturated heterocycles. The first-order chi connectivity index (χ1) is 10.0. The van der Waals surface area contributed by atoms with Gasteiger partial charge in [0.2, 0.25) is 5.91 Å². The molecule has 2 N–H and O–H groups in total. The van der Waals surface area contributed by atoms with Crippen LogP contribution in [0.4, 0.5) is 10.5 Å². The van der Waals surface area contributed by atoms with E-state index in [-0.39, 0.29) is 18.0 Å². The average molecular weight is 310 g/mol. The van der Waals surface area contributed by atoms with Gasteiger partial charge >= 0.3 is 6.03 Å². The minimum Gasteiger partial charge on any atom is -0.341 e. The van der Waals surface area contributed by atoms with Crippen molar-refractivity contribution in [3.63, 3.8) is 0 Å². The van der Waals surface area contributed by atoms with E-state index in [0.717, 1.165) is 12.0 Å². The molecule has 0 aromatic heterocycles. The van der Waals surface area contributed by atoms with Crippen LogP contribution >= 0.6 is 11.6 Å². The lowest BCUT2D eigenvalue weighted by atomic mass is 10.2. The molecule has 1 aliphatic rings. The SMILES string of the molecule is CCC(=O)N1CC[C@@H](NC(=O)Nc2c(C)cccc2Cl)C1. The second-order valence-corrected chi connectivity index (χ2v) is 5.62. The summed E-state index contributed by atoms with van der Waals surface area (Å²) in [5.41, 5.74) is 1.53. The third-order valence-electron chi connectivity index (χ3n) is 3.64. The number of nitrogens with zero attached hydrogens (tertiary/aromatic N) is 1. The number of para-hydroxylation sites is 1. The zero-order valence-electron chi connectivity index (χ0n) is 12.3. The quantitative estimate of drug-likeness (QED) is 0.902. The van der Waals surface area contributed by atoms with Gasteiger partial charge in [-0.3, -0.25) is 4.79 Å². The molecule has 1 fully saturated rings. The molecule has 0 aliphatic carbocycles. The zero-order chi connectivity index (χ0) is 15.4. The van der Waals surface area contributed by atoms with Gasteiger partial charge in [0, 0.05) is 25.6 Å². The summed E-state index contributed by atoms with van der Waals surface area (Å²) in [4.78, 5) is 25.4. The van der Waals surface area contributed by atoms with Crippen LogP contribution in [0.1, 0.15) is 25.3 Å². The van der Waals surface area contributed by atoms with E-state index in [9.17, 15) is 9.59 Å². The maximum Gasteiger partial charge on any atom is 0.319 e. The number of likely N-dealkylation sites (tertiary alicyclic amines) is 1. The number of halogens is 1. The Balaban J connectivity index is 1.90. The fourth-order valence-electron chi connectivity index (χ4n) is 2.45. The van der Waals surface area contributed by atoms with Crippen LogP contribution in [0.2, 0.25) is 5.02 Å². The molecular formula is C15H20ClN3O2. The molecule has 114 valence electrons. The van der Waals surface area contributed by atoms with Crippen molar-refractivity contribution in [2.75, 3.05) is 18.4 Å². The van der Waals surface area contributed by atoms with Crippen molar-refractivity contribution in [3.05, 3.63) is 28.8 Å². The molecule has 0 bridgehead atoms. The number of hydrogen-bond donors (Lipinski definition) is 2. The molecule has 1 atom stereocenters. The fourth-order valence-corrected chi connectivity index (χ4v) is 2.72. The van der Waals surface area contributed by atoms with Crippen LogP contribution in [0.25, 0.3) is 0 Å². The summed E-state index contributed by atoms with van der Waals surface area (Å²) in [6.45, 7) is 5.00. The number of nitrogens with one attached hydrogen (secondary N) is 2. The molecule has 0 radical (unpaired) electrons. The van der Waals surface area contributed by atoms with Crippen molar-refractivity contribution in [3.8, 4) is 0 Å². The molecule has 1 heterocycles. The first-order valence-corrected chi connectivity index (χ1v) is 7.49. The average Bonchev–Trinajstić information content (AvgIpc) is 2.90. The van der Waals surface area contributed by atoms with Crippen molar-refractivity contribution < 1.29 is 9.59 Å². The highest BCUT2D eigenvalue weighted by molar-refractivity contribution is 6.33. The summed E-state index contributed by atoms with van der Waals surface area (Å²) in [5, 5.41) is 6.18. The summed E-state index contributed by atoms with van der Waals surface area (Å²) in [6, 6.07) is 5.16. The smallest absolute Gasteiger partial charge is 0.319 e. The van der Waals surface area contributed by atoms with E-state index in [2.05, 4.69) is 10.6 Å². The Kier molecular flexibility index (Phi) is 5.07. The summed E-state index contributed by atoms with van der Waals surface area (Å²) in [5.74, 6) is 0.127. The van der Waals surface area contributed by atoms with E-state index in [4.69, 9.17) is 11.6 Å². The Bertz CT molecular complexity index is 527. The molecule has 1 aromatic rings. The van der Waals surface area contributed by atoms with Gasteiger partial charge in [-0.05, 0) is 25.0 Å². The monoisotopic (exact) mass is 309 g/mol. The molecule has 1 aliphatic heterocycles. The van der Waals surface area contributed by atoms with Gasteiger partial charge in [-0.2, -0.15) is 0 Å². The largest absolute Gasteiger partial charge is 0.341 e. The minimum atomic E-state index is -0.290. The van der Waals surface area contributed by atoms with E-state index >= 15 is 0 Å². The Morgan fingerprint density at radius 3 is 2.86 bits per heavy atom. The number of carbonyl (C=O) groups excluding carboxylic acids is 2. The first kappa shape index (κ1) is 15.6. The number of benzene rings is 1. The number of urea groups is 1. The lowest BCUT2D eigenvalue weighted by Gasteiger charge is -2.17. The maximum atomic E-state index is 12.0. The molecule has 21 heavy (non-hydrogen) atoms. The van der Waals surface area contributed by atoms with Crippen molar-refractivity contribution in [1.82, 2.24) is 10.2 Å². The summed E-state index contributed by atoms with van der Waals surface area (Å²) >= 11 is 6.08. The van der Waals surface area contributed by atoms with Crippen LogP contribution in [0.5, 0.6) is 0 Å². The van der Waals surface area contributed by atoms with Gasteiger partial charge in [0.05, 0.1) is 10.7 Å². The van der Waals surface area contributed by atoms with Gasteiger partial charge in [-0.25, -0.2) is 4.79 Å². The zero-order valence-corrected chi connectivity index (χ0v) is 13.0. The van der Waals surface area contributed by atoms with Crippen LogP contribution in [0.3, 0.4) is 0 Å². The molecule has 0 unspecified atom stereocenters. The summed E-state index contributed by atoms with van der Waals surface area (Å²) < 4.78 is 0. The third kappa shape index (κ3) is 3.88.